The Bertz CT molecular complexity index is 584. The number of piperidine rings is 1. The maximum absolute atomic E-state index is 12.6. The van der Waals surface area contributed by atoms with Crippen molar-refractivity contribution in [3.05, 3.63) is 28.2 Å². The highest BCUT2D eigenvalue weighted by Gasteiger charge is 2.28. The Morgan fingerprint density at radius 1 is 1.29 bits per heavy atom. The summed E-state index contributed by atoms with van der Waals surface area (Å²) in [6.45, 7) is 4.44. The third-order valence-corrected chi connectivity index (χ3v) is 5.57. The molecule has 0 radical (unpaired) electrons. The lowest BCUT2D eigenvalue weighted by atomic mass is 10.0. The van der Waals surface area contributed by atoms with E-state index in [0.717, 1.165) is 38.4 Å². The lowest BCUT2D eigenvalue weighted by molar-refractivity contribution is -0.139. The van der Waals surface area contributed by atoms with Gasteiger partial charge in [-0.05, 0) is 57.2 Å². The first-order valence-electron chi connectivity index (χ1n) is 8.67. The molecular weight excluding hydrogens is 347 g/mol. The van der Waals surface area contributed by atoms with Crippen LogP contribution in [0.1, 0.15) is 32.6 Å². The van der Waals surface area contributed by atoms with Crippen molar-refractivity contribution in [2.24, 2.45) is 5.92 Å². The van der Waals surface area contributed by atoms with Crippen LogP contribution in [0.25, 0.3) is 0 Å². The number of nitrogens with one attached hydrogen (secondary N) is 1. The summed E-state index contributed by atoms with van der Waals surface area (Å²) in [6.07, 6.45) is 4.17. The van der Waals surface area contributed by atoms with Crippen molar-refractivity contribution in [3.8, 4) is 5.75 Å². The Hall–Kier alpha value is -0.970. The molecule has 2 fully saturated rings. The van der Waals surface area contributed by atoms with Crippen LogP contribution in [-0.4, -0.2) is 42.6 Å². The summed E-state index contributed by atoms with van der Waals surface area (Å²) in [5.74, 6) is 1.35. The van der Waals surface area contributed by atoms with Gasteiger partial charge in [0.05, 0.1) is 5.02 Å². The van der Waals surface area contributed by atoms with Crippen molar-refractivity contribution in [2.75, 3.05) is 19.6 Å². The molecule has 0 spiro atoms. The van der Waals surface area contributed by atoms with Crippen LogP contribution in [0, 0.1) is 5.92 Å². The first-order valence-corrected chi connectivity index (χ1v) is 9.43. The molecule has 1 aliphatic carbocycles. The Labute approximate surface area is 153 Å². The number of carbonyl (C=O) groups excluding carboxylic acids is 1. The largest absolute Gasteiger partial charge is 0.479 e. The van der Waals surface area contributed by atoms with Gasteiger partial charge in [0.25, 0.3) is 5.91 Å². The number of ether oxygens (including phenoxy) is 1. The molecule has 1 aromatic carbocycles. The SMILES string of the molecule is CC(Oc1cccc(Cl)c1Cl)C(=O)N1CCC(NCC2CC2)CC1. The molecule has 1 N–H and O–H groups in total. The molecule has 1 saturated heterocycles. The number of hydrogen-bond acceptors (Lipinski definition) is 3. The number of amides is 1. The number of benzene rings is 1. The zero-order valence-electron chi connectivity index (χ0n) is 13.9. The van der Waals surface area contributed by atoms with Crippen LogP contribution in [0.5, 0.6) is 5.75 Å². The van der Waals surface area contributed by atoms with Crippen LogP contribution < -0.4 is 10.1 Å². The zero-order chi connectivity index (χ0) is 17.1. The van der Waals surface area contributed by atoms with Gasteiger partial charge < -0.3 is 15.0 Å². The highest BCUT2D eigenvalue weighted by Crippen LogP contribution is 2.32. The van der Waals surface area contributed by atoms with Gasteiger partial charge in [0.2, 0.25) is 0 Å². The summed E-state index contributed by atoms with van der Waals surface area (Å²) in [4.78, 5) is 14.5. The highest BCUT2D eigenvalue weighted by atomic mass is 35.5. The van der Waals surface area contributed by atoms with E-state index >= 15 is 0 Å². The Balaban J connectivity index is 1.48. The average molecular weight is 371 g/mol. The molecule has 1 unspecified atom stereocenters. The van der Waals surface area contributed by atoms with Crippen molar-refractivity contribution in [3.63, 3.8) is 0 Å². The number of carbonyl (C=O) groups is 1. The lowest BCUT2D eigenvalue weighted by Crippen LogP contribution is -2.48. The van der Waals surface area contributed by atoms with E-state index in [2.05, 4.69) is 5.32 Å². The van der Waals surface area contributed by atoms with E-state index in [1.807, 2.05) is 4.90 Å². The first-order chi connectivity index (χ1) is 11.5. The molecule has 4 nitrogen and oxygen atoms in total. The number of nitrogens with zero attached hydrogens (tertiary/aromatic N) is 1. The average Bonchev–Trinajstić information content (AvgIpc) is 3.41. The van der Waals surface area contributed by atoms with Crippen molar-refractivity contribution >= 4 is 29.1 Å². The Morgan fingerprint density at radius 2 is 2.00 bits per heavy atom. The van der Waals surface area contributed by atoms with Crippen molar-refractivity contribution < 1.29 is 9.53 Å². The maximum Gasteiger partial charge on any atom is 0.263 e. The topological polar surface area (TPSA) is 41.6 Å². The van der Waals surface area contributed by atoms with Gasteiger partial charge in [-0.25, -0.2) is 0 Å². The second-order valence-corrected chi connectivity index (χ2v) is 7.55. The molecule has 2 aliphatic rings. The second kappa shape index (κ2) is 7.94. The van der Waals surface area contributed by atoms with E-state index in [4.69, 9.17) is 27.9 Å². The number of halogens is 2. The summed E-state index contributed by atoms with van der Waals surface area (Å²) in [5.41, 5.74) is 0. The molecule has 0 aromatic heterocycles. The summed E-state index contributed by atoms with van der Waals surface area (Å²) in [5, 5.41) is 4.40. The summed E-state index contributed by atoms with van der Waals surface area (Å²) in [7, 11) is 0. The molecule has 3 rings (SSSR count). The van der Waals surface area contributed by atoms with E-state index < -0.39 is 6.10 Å². The molecule has 1 atom stereocenters. The van der Waals surface area contributed by atoms with Crippen molar-refractivity contribution in [2.45, 2.75) is 44.8 Å². The quantitative estimate of drug-likeness (QED) is 0.828. The molecule has 1 aromatic rings. The van der Waals surface area contributed by atoms with Gasteiger partial charge in [0.15, 0.2) is 6.10 Å². The van der Waals surface area contributed by atoms with Gasteiger partial charge >= 0.3 is 0 Å². The first kappa shape index (κ1) is 17.8. The van der Waals surface area contributed by atoms with Gasteiger partial charge in [-0.15, -0.1) is 0 Å². The van der Waals surface area contributed by atoms with Gasteiger partial charge in [-0.2, -0.15) is 0 Å². The predicted octanol–water partition coefficient (Wildman–Crippen LogP) is 3.75. The van der Waals surface area contributed by atoms with Crippen molar-refractivity contribution in [1.82, 2.24) is 10.2 Å². The number of hydrogen-bond donors (Lipinski definition) is 1. The molecule has 132 valence electrons. The van der Waals surface area contributed by atoms with Crippen molar-refractivity contribution in [1.29, 1.82) is 0 Å². The van der Waals surface area contributed by atoms with E-state index in [-0.39, 0.29) is 5.91 Å². The fourth-order valence-corrected chi connectivity index (χ4v) is 3.37. The smallest absolute Gasteiger partial charge is 0.263 e. The zero-order valence-corrected chi connectivity index (χ0v) is 15.4. The van der Waals surface area contributed by atoms with Crippen LogP contribution >= 0.6 is 23.2 Å². The van der Waals surface area contributed by atoms with E-state index in [9.17, 15) is 4.79 Å². The lowest BCUT2D eigenvalue weighted by Gasteiger charge is -2.34. The molecule has 1 aliphatic heterocycles. The fraction of sp³-hybridized carbons (Fsp3) is 0.611. The molecule has 0 bridgehead atoms. The van der Waals surface area contributed by atoms with Gasteiger partial charge in [0, 0.05) is 19.1 Å². The summed E-state index contributed by atoms with van der Waals surface area (Å²) < 4.78 is 5.73. The minimum Gasteiger partial charge on any atom is -0.479 e. The van der Waals surface area contributed by atoms with Crippen LogP contribution in [0.2, 0.25) is 10.0 Å². The van der Waals surface area contributed by atoms with Crippen LogP contribution in [0.3, 0.4) is 0 Å². The molecular formula is C18H24Cl2N2O2. The van der Waals surface area contributed by atoms with E-state index in [0.29, 0.717) is 21.8 Å². The minimum atomic E-state index is -0.572. The fourth-order valence-electron chi connectivity index (χ4n) is 3.03. The van der Waals surface area contributed by atoms with E-state index in [1.54, 1.807) is 25.1 Å². The molecule has 1 saturated carbocycles. The molecule has 24 heavy (non-hydrogen) atoms. The normalized spacial score (nSPS) is 20.0. The minimum absolute atomic E-state index is 0.00619. The van der Waals surface area contributed by atoms with Gasteiger partial charge in [-0.1, -0.05) is 29.3 Å². The number of likely N-dealkylation sites (tertiary alicyclic amines) is 1. The molecule has 1 heterocycles. The molecule has 1 amide bonds. The second-order valence-electron chi connectivity index (χ2n) is 6.76. The summed E-state index contributed by atoms with van der Waals surface area (Å²) in [6, 6.07) is 5.72. The summed E-state index contributed by atoms with van der Waals surface area (Å²) >= 11 is 12.1. The van der Waals surface area contributed by atoms with Crippen LogP contribution in [0.15, 0.2) is 18.2 Å². The highest BCUT2D eigenvalue weighted by molar-refractivity contribution is 6.42. The van der Waals surface area contributed by atoms with E-state index in [1.165, 1.54) is 12.8 Å². The standard InChI is InChI=1S/C18H24Cl2N2O2/c1-12(24-16-4-2-3-15(19)17(16)20)18(23)22-9-7-14(8-10-22)21-11-13-5-6-13/h2-4,12-14,21H,5-11H2,1H3. The van der Waals surface area contributed by atoms with Crippen LogP contribution in [0.4, 0.5) is 0 Å². The monoisotopic (exact) mass is 370 g/mol. The van der Waals surface area contributed by atoms with Crippen LogP contribution in [-0.2, 0) is 4.79 Å². The Morgan fingerprint density at radius 3 is 2.67 bits per heavy atom. The number of rotatable bonds is 6. The third kappa shape index (κ3) is 4.56. The third-order valence-electron chi connectivity index (χ3n) is 4.77. The predicted molar refractivity (Wildman–Crippen MR) is 96.9 cm³/mol. The Kier molecular flexibility index (Phi) is 5.90. The molecule has 6 heteroatoms. The van der Waals surface area contributed by atoms with Gasteiger partial charge in [-0.3, -0.25) is 4.79 Å². The maximum atomic E-state index is 12.6. The van der Waals surface area contributed by atoms with Gasteiger partial charge in [0.1, 0.15) is 10.8 Å².